The summed E-state index contributed by atoms with van der Waals surface area (Å²) in [6.07, 6.45) is 7.17. The van der Waals surface area contributed by atoms with E-state index in [-0.39, 0.29) is 41.8 Å². The van der Waals surface area contributed by atoms with Gasteiger partial charge in [0, 0.05) is 43.6 Å². The highest BCUT2D eigenvalue weighted by Gasteiger charge is 2.32. The summed E-state index contributed by atoms with van der Waals surface area (Å²) in [6.45, 7) is 6.44. The number of nitrogens with zero attached hydrogens (tertiary/aromatic N) is 3. The van der Waals surface area contributed by atoms with Crippen LogP contribution in [0.5, 0.6) is 0 Å². The average molecular weight is 579 g/mol. The molecule has 0 saturated heterocycles. The van der Waals surface area contributed by atoms with Crippen LogP contribution in [0, 0.1) is 5.92 Å². The van der Waals surface area contributed by atoms with E-state index in [4.69, 9.17) is 0 Å². The Hall–Kier alpha value is -3.43. The number of nitrogens with one attached hydrogen (secondary N) is 1. The molecule has 1 aliphatic carbocycles. The highest BCUT2D eigenvalue weighted by molar-refractivity contribution is 7.89. The van der Waals surface area contributed by atoms with E-state index in [1.807, 2.05) is 55.3 Å². The van der Waals surface area contributed by atoms with Crippen molar-refractivity contribution in [3.63, 3.8) is 0 Å². The van der Waals surface area contributed by atoms with Gasteiger partial charge >= 0.3 is 0 Å². The third kappa shape index (κ3) is 8.30. The monoisotopic (exact) mass is 578 g/mol. The quantitative estimate of drug-likeness (QED) is 0.307. The number of rotatable bonds is 12. The first-order valence-corrected chi connectivity index (χ1v) is 15.9. The molecule has 3 aromatic rings. The van der Waals surface area contributed by atoms with Gasteiger partial charge in [0.25, 0.3) is 0 Å². The highest BCUT2D eigenvalue weighted by atomic mass is 32.2. The first-order valence-electron chi connectivity index (χ1n) is 14.5. The molecule has 41 heavy (non-hydrogen) atoms. The Morgan fingerprint density at radius 2 is 1.63 bits per heavy atom. The number of carbonyl (C=O) groups is 2. The standard InChI is InChI=1S/C32H42N4O4S/c1-25(2)21-35(41(39,40)31-18-16-28(17-19-31)33-26(3)37)24-32(38)36(29-13-8-5-9-14-29)23-30-15-10-20-34(30)22-27-11-6-4-7-12-27/h4,6-7,10-12,15-20,25,29H,5,8-9,13-14,21-24H2,1-3H3,(H,33,37). The highest BCUT2D eigenvalue weighted by Crippen LogP contribution is 2.26. The molecular formula is C32H42N4O4S. The second-order valence-electron chi connectivity index (χ2n) is 11.3. The van der Waals surface area contributed by atoms with Crippen LogP contribution < -0.4 is 5.32 Å². The van der Waals surface area contributed by atoms with Gasteiger partial charge in [0.2, 0.25) is 21.8 Å². The Labute approximate surface area is 244 Å². The number of amides is 2. The number of hydrogen-bond acceptors (Lipinski definition) is 4. The molecule has 1 aromatic heterocycles. The van der Waals surface area contributed by atoms with Crippen LogP contribution in [-0.4, -0.2) is 53.1 Å². The maximum Gasteiger partial charge on any atom is 0.243 e. The van der Waals surface area contributed by atoms with Gasteiger partial charge in [0.05, 0.1) is 18.0 Å². The summed E-state index contributed by atoms with van der Waals surface area (Å²) in [4.78, 5) is 27.4. The zero-order valence-corrected chi connectivity index (χ0v) is 25.1. The minimum Gasteiger partial charge on any atom is -0.345 e. The molecular weight excluding hydrogens is 536 g/mol. The summed E-state index contributed by atoms with van der Waals surface area (Å²) < 4.78 is 31.0. The fourth-order valence-corrected chi connectivity index (χ4v) is 7.03. The lowest BCUT2D eigenvalue weighted by molar-refractivity contribution is -0.135. The zero-order valence-electron chi connectivity index (χ0n) is 24.3. The van der Waals surface area contributed by atoms with Crippen LogP contribution in [0.2, 0.25) is 0 Å². The van der Waals surface area contributed by atoms with E-state index >= 15 is 0 Å². The van der Waals surface area contributed by atoms with Gasteiger partial charge in [-0.15, -0.1) is 0 Å². The molecule has 0 atom stereocenters. The summed E-state index contributed by atoms with van der Waals surface area (Å²) in [5, 5.41) is 2.66. The Bertz CT molecular complexity index is 1390. The number of hydrogen-bond donors (Lipinski definition) is 1. The molecule has 0 aliphatic heterocycles. The van der Waals surface area contributed by atoms with E-state index in [1.165, 1.54) is 28.9 Å². The largest absolute Gasteiger partial charge is 0.345 e. The second-order valence-corrected chi connectivity index (χ2v) is 13.3. The van der Waals surface area contributed by atoms with Gasteiger partial charge in [-0.05, 0) is 60.7 Å². The maximum atomic E-state index is 14.0. The van der Waals surface area contributed by atoms with Crippen molar-refractivity contribution in [2.75, 3.05) is 18.4 Å². The summed E-state index contributed by atoms with van der Waals surface area (Å²) in [5.74, 6) is -0.378. The predicted molar refractivity (Wildman–Crippen MR) is 162 cm³/mol. The van der Waals surface area contributed by atoms with Gasteiger partial charge in [-0.3, -0.25) is 9.59 Å². The molecule has 2 aromatic carbocycles. The Morgan fingerprint density at radius 1 is 0.951 bits per heavy atom. The minimum atomic E-state index is -3.94. The average Bonchev–Trinajstić information content (AvgIpc) is 3.38. The van der Waals surface area contributed by atoms with Gasteiger partial charge in [-0.25, -0.2) is 8.42 Å². The van der Waals surface area contributed by atoms with Crippen molar-refractivity contribution in [3.8, 4) is 0 Å². The van der Waals surface area contributed by atoms with Crippen LogP contribution in [0.3, 0.4) is 0 Å². The molecule has 2 amide bonds. The summed E-state index contributed by atoms with van der Waals surface area (Å²) in [5.41, 5.74) is 2.73. The van der Waals surface area contributed by atoms with Crippen molar-refractivity contribution in [1.82, 2.24) is 13.8 Å². The molecule has 8 nitrogen and oxygen atoms in total. The topological polar surface area (TPSA) is 91.7 Å². The second kappa shape index (κ2) is 14.0. The first-order chi connectivity index (χ1) is 19.6. The molecule has 4 rings (SSSR count). The predicted octanol–water partition coefficient (Wildman–Crippen LogP) is 5.50. The smallest absolute Gasteiger partial charge is 0.243 e. The summed E-state index contributed by atoms with van der Waals surface area (Å²) >= 11 is 0. The van der Waals surface area contributed by atoms with Crippen molar-refractivity contribution in [2.45, 2.75) is 76.9 Å². The van der Waals surface area contributed by atoms with Crippen molar-refractivity contribution in [1.29, 1.82) is 0 Å². The normalized spacial score (nSPS) is 14.4. The fraction of sp³-hybridized carbons (Fsp3) is 0.438. The molecule has 1 saturated carbocycles. The lowest BCUT2D eigenvalue weighted by atomic mass is 9.94. The van der Waals surface area contributed by atoms with Crippen molar-refractivity contribution in [3.05, 3.63) is 84.2 Å². The molecule has 0 radical (unpaired) electrons. The van der Waals surface area contributed by atoms with E-state index in [2.05, 4.69) is 22.0 Å². The lowest BCUT2D eigenvalue weighted by Gasteiger charge is -2.36. The molecule has 0 bridgehead atoms. The number of carbonyl (C=O) groups excluding carboxylic acids is 2. The lowest BCUT2D eigenvalue weighted by Crippen LogP contribution is -2.48. The van der Waals surface area contributed by atoms with Gasteiger partial charge in [0.15, 0.2) is 0 Å². The zero-order chi connectivity index (χ0) is 29.4. The number of anilines is 1. The summed E-state index contributed by atoms with van der Waals surface area (Å²) in [6, 6.07) is 20.4. The van der Waals surface area contributed by atoms with E-state index < -0.39 is 10.0 Å². The van der Waals surface area contributed by atoms with Gasteiger partial charge in [0.1, 0.15) is 0 Å². The minimum absolute atomic E-state index is 0.0301. The molecule has 1 fully saturated rings. The molecule has 9 heteroatoms. The van der Waals surface area contributed by atoms with Crippen LogP contribution >= 0.6 is 0 Å². The van der Waals surface area contributed by atoms with Crippen molar-refractivity contribution in [2.24, 2.45) is 5.92 Å². The van der Waals surface area contributed by atoms with Crippen LogP contribution in [0.4, 0.5) is 5.69 Å². The molecule has 1 heterocycles. The van der Waals surface area contributed by atoms with Crippen molar-refractivity contribution >= 4 is 27.5 Å². The molecule has 1 aliphatic rings. The molecule has 1 N–H and O–H groups in total. The number of benzene rings is 2. The van der Waals surface area contributed by atoms with E-state index in [1.54, 1.807) is 12.1 Å². The Morgan fingerprint density at radius 3 is 2.27 bits per heavy atom. The number of sulfonamides is 1. The SMILES string of the molecule is CC(=O)Nc1ccc(S(=O)(=O)N(CC(=O)N(Cc2cccn2Cc2ccccc2)C2CCCCC2)CC(C)C)cc1. The van der Waals surface area contributed by atoms with Crippen LogP contribution in [-0.2, 0) is 32.7 Å². The van der Waals surface area contributed by atoms with Gasteiger partial charge < -0.3 is 14.8 Å². The van der Waals surface area contributed by atoms with Crippen LogP contribution in [0.15, 0.2) is 77.8 Å². The van der Waals surface area contributed by atoms with Gasteiger partial charge in [-0.2, -0.15) is 4.31 Å². The first kappa shape index (κ1) is 30.5. The van der Waals surface area contributed by atoms with E-state index in [9.17, 15) is 18.0 Å². The number of aromatic nitrogens is 1. The maximum absolute atomic E-state index is 14.0. The van der Waals surface area contributed by atoms with Gasteiger partial charge in [-0.1, -0.05) is 63.4 Å². The fourth-order valence-electron chi connectivity index (χ4n) is 5.47. The van der Waals surface area contributed by atoms with Crippen LogP contribution in [0.1, 0.15) is 64.1 Å². The van der Waals surface area contributed by atoms with Crippen molar-refractivity contribution < 1.29 is 18.0 Å². The Kier molecular flexibility index (Phi) is 10.4. The van der Waals surface area contributed by atoms with E-state index in [0.29, 0.717) is 18.8 Å². The molecule has 0 unspecified atom stereocenters. The molecule has 0 spiro atoms. The summed E-state index contributed by atoms with van der Waals surface area (Å²) in [7, 11) is -3.94. The third-order valence-electron chi connectivity index (χ3n) is 7.48. The third-order valence-corrected chi connectivity index (χ3v) is 9.31. The Balaban J connectivity index is 1.58. The molecule has 220 valence electrons. The van der Waals surface area contributed by atoms with Crippen LogP contribution in [0.25, 0.3) is 0 Å². The van der Waals surface area contributed by atoms with E-state index in [0.717, 1.165) is 37.8 Å².